The number of hydrogen-bond donors (Lipinski definition) is 2. The molecule has 1 saturated heterocycles. The summed E-state index contributed by atoms with van der Waals surface area (Å²) in [4.78, 5) is 25.3. The van der Waals surface area contributed by atoms with Crippen molar-refractivity contribution in [1.29, 1.82) is 0 Å². The number of hydrogen-bond acceptors (Lipinski definition) is 2. The van der Waals surface area contributed by atoms with Crippen LogP contribution in [0, 0.1) is 5.92 Å². The first kappa shape index (κ1) is 15.0. The Bertz CT molecular complexity index is 812. The summed E-state index contributed by atoms with van der Waals surface area (Å²) in [7, 11) is 0. The van der Waals surface area contributed by atoms with Crippen molar-refractivity contribution in [3.63, 3.8) is 0 Å². The molecule has 0 radical (unpaired) electrons. The van der Waals surface area contributed by atoms with Crippen molar-refractivity contribution < 1.29 is 14.7 Å². The average molecular weight is 324 g/mol. The fourth-order valence-electron chi connectivity index (χ4n) is 3.88. The Labute approximate surface area is 140 Å². The maximum absolute atomic E-state index is 12.5. The minimum absolute atomic E-state index is 0.141. The SMILES string of the molecule is O=C(O)C1CCN(C(=O)Nc2ccc3c4c(cccc24)CC3)CC1. The number of carboxylic acid groups (broad SMARTS) is 1. The summed E-state index contributed by atoms with van der Waals surface area (Å²) in [5.41, 5.74) is 3.53. The van der Waals surface area contributed by atoms with Crippen LogP contribution in [-0.4, -0.2) is 35.1 Å². The molecule has 1 aliphatic carbocycles. The number of likely N-dealkylation sites (tertiary alicyclic amines) is 1. The summed E-state index contributed by atoms with van der Waals surface area (Å²) >= 11 is 0. The van der Waals surface area contributed by atoms with Crippen LogP contribution in [0.4, 0.5) is 10.5 Å². The molecule has 0 unspecified atom stereocenters. The van der Waals surface area contributed by atoms with Crippen LogP contribution in [0.1, 0.15) is 24.0 Å². The zero-order valence-corrected chi connectivity index (χ0v) is 13.4. The molecule has 2 N–H and O–H groups in total. The molecule has 2 aliphatic rings. The fourth-order valence-corrected chi connectivity index (χ4v) is 3.88. The van der Waals surface area contributed by atoms with Gasteiger partial charge in [0.2, 0.25) is 0 Å². The van der Waals surface area contributed by atoms with Crippen molar-refractivity contribution in [3.05, 3.63) is 41.5 Å². The third-order valence-electron chi connectivity index (χ3n) is 5.25. The number of amides is 2. The number of carboxylic acids is 1. The van der Waals surface area contributed by atoms with Crippen LogP contribution < -0.4 is 5.32 Å². The summed E-state index contributed by atoms with van der Waals surface area (Å²) in [5.74, 6) is -1.09. The number of benzene rings is 2. The van der Waals surface area contributed by atoms with E-state index in [2.05, 4.69) is 23.5 Å². The van der Waals surface area contributed by atoms with Crippen molar-refractivity contribution in [2.24, 2.45) is 5.92 Å². The number of anilines is 1. The van der Waals surface area contributed by atoms with Crippen molar-refractivity contribution in [1.82, 2.24) is 4.90 Å². The van der Waals surface area contributed by atoms with Gasteiger partial charge in [-0.15, -0.1) is 0 Å². The van der Waals surface area contributed by atoms with E-state index in [0.29, 0.717) is 25.9 Å². The maximum Gasteiger partial charge on any atom is 0.321 e. The molecule has 1 fully saturated rings. The van der Waals surface area contributed by atoms with E-state index in [1.807, 2.05) is 12.1 Å². The van der Waals surface area contributed by atoms with Crippen LogP contribution in [0.3, 0.4) is 0 Å². The number of piperidine rings is 1. The molecule has 5 heteroatoms. The van der Waals surface area contributed by atoms with Crippen LogP contribution in [-0.2, 0) is 17.6 Å². The Morgan fingerprint density at radius 1 is 1.04 bits per heavy atom. The van der Waals surface area contributed by atoms with Gasteiger partial charge < -0.3 is 15.3 Å². The van der Waals surface area contributed by atoms with Crippen LogP contribution in [0.25, 0.3) is 10.8 Å². The molecule has 0 bridgehead atoms. The first-order chi connectivity index (χ1) is 11.6. The van der Waals surface area contributed by atoms with Gasteiger partial charge in [0.25, 0.3) is 0 Å². The highest BCUT2D eigenvalue weighted by Crippen LogP contribution is 2.35. The van der Waals surface area contributed by atoms with Crippen LogP contribution in [0.5, 0.6) is 0 Å². The number of urea groups is 1. The molecule has 2 amide bonds. The predicted molar refractivity (Wildman–Crippen MR) is 92.3 cm³/mol. The van der Waals surface area contributed by atoms with Crippen molar-refractivity contribution in [2.45, 2.75) is 25.7 Å². The highest BCUT2D eigenvalue weighted by molar-refractivity contribution is 6.04. The largest absolute Gasteiger partial charge is 0.481 e. The van der Waals surface area contributed by atoms with Gasteiger partial charge in [0, 0.05) is 18.5 Å². The lowest BCUT2D eigenvalue weighted by Crippen LogP contribution is -2.42. The van der Waals surface area contributed by atoms with Crippen LogP contribution >= 0.6 is 0 Å². The lowest BCUT2D eigenvalue weighted by molar-refractivity contribution is -0.143. The van der Waals surface area contributed by atoms with E-state index in [1.165, 1.54) is 16.5 Å². The lowest BCUT2D eigenvalue weighted by Gasteiger charge is -2.30. The third-order valence-corrected chi connectivity index (χ3v) is 5.25. The van der Waals surface area contributed by atoms with Crippen molar-refractivity contribution >= 4 is 28.5 Å². The number of carbonyl (C=O) groups is 2. The first-order valence-electron chi connectivity index (χ1n) is 8.45. The quantitative estimate of drug-likeness (QED) is 0.891. The van der Waals surface area contributed by atoms with Crippen molar-refractivity contribution in [2.75, 3.05) is 18.4 Å². The smallest absolute Gasteiger partial charge is 0.321 e. The van der Waals surface area contributed by atoms with E-state index in [1.54, 1.807) is 4.90 Å². The molecule has 0 saturated carbocycles. The van der Waals surface area contributed by atoms with Gasteiger partial charge in [0.05, 0.1) is 11.6 Å². The van der Waals surface area contributed by atoms with Gasteiger partial charge >= 0.3 is 12.0 Å². The van der Waals surface area contributed by atoms with Crippen LogP contribution in [0.2, 0.25) is 0 Å². The molecule has 24 heavy (non-hydrogen) atoms. The minimum atomic E-state index is -0.762. The monoisotopic (exact) mass is 324 g/mol. The van der Waals surface area contributed by atoms with Gasteiger partial charge in [-0.05, 0) is 48.3 Å². The maximum atomic E-state index is 12.5. The Morgan fingerprint density at radius 2 is 1.75 bits per heavy atom. The van der Waals surface area contributed by atoms with Crippen molar-refractivity contribution in [3.8, 4) is 0 Å². The predicted octanol–water partition coefficient (Wildman–Crippen LogP) is 3.27. The van der Waals surface area contributed by atoms with E-state index in [4.69, 9.17) is 5.11 Å². The highest BCUT2D eigenvalue weighted by atomic mass is 16.4. The number of rotatable bonds is 2. The molecule has 0 aromatic heterocycles. The normalized spacial score (nSPS) is 17.2. The Kier molecular flexibility index (Phi) is 3.63. The number of nitrogens with zero attached hydrogens (tertiary/aromatic N) is 1. The van der Waals surface area contributed by atoms with Gasteiger partial charge in [0.1, 0.15) is 0 Å². The second kappa shape index (κ2) is 5.82. The number of carbonyl (C=O) groups excluding carboxylic acids is 1. The summed E-state index contributed by atoms with van der Waals surface area (Å²) in [6.07, 6.45) is 3.17. The Hall–Kier alpha value is -2.56. The molecule has 5 nitrogen and oxygen atoms in total. The van der Waals surface area contributed by atoms with Gasteiger partial charge in [0.15, 0.2) is 0 Å². The molecule has 124 valence electrons. The molecule has 2 aromatic carbocycles. The number of aliphatic carboxylic acids is 1. The Morgan fingerprint density at radius 3 is 2.46 bits per heavy atom. The second-order valence-electron chi connectivity index (χ2n) is 6.64. The molecule has 1 aliphatic heterocycles. The first-order valence-corrected chi connectivity index (χ1v) is 8.45. The second-order valence-corrected chi connectivity index (χ2v) is 6.64. The highest BCUT2D eigenvalue weighted by Gasteiger charge is 2.27. The summed E-state index contributed by atoms with van der Waals surface area (Å²) in [6.45, 7) is 0.980. The van der Waals surface area contributed by atoms with E-state index in [-0.39, 0.29) is 11.9 Å². The van der Waals surface area contributed by atoms with Gasteiger partial charge in [-0.3, -0.25) is 4.79 Å². The van der Waals surface area contributed by atoms with E-state index < -0.39 is 5.97 Å². The summed E-state index contributed by atoms with van der Waals surface area (Å²) in [5, 5.41) is 14.4. The fraction of sp³-hybridized carbons (Fsp3) is 0.368. The van der Waals surface area contributed by atoms with Gasteiger partial charge in [-0.2, -0.15) is 0 Å². The standard InChI is InChI=1S/C19H20N2O3/c22-18(23)14-8-10-21(11-9-14)19(24)20-16-7-6-13-5-4-12-2-1-3-15(16)17(12)13/h1-3,6-7,14H,4-5,8-11H2,(H,20,24)(H,22,23). The average Bonchev–Trinajstić information content (AvgIpc) is 3.02. The zero-order valence-electron chi connectivity index (χ0n) is 13.4. The van der Waals surface area contributed by atoms with E-state index in [9.17, 15) is 9.59 Å². The van der Waals surface area contributed by atoms with Gasteiger partial charge in [-0.25, -0.2) is 4.79 Å². The molecule has 0 atom stereocenters. The third kappa shape index (κ3) is 2.50. The lowest BCUT2D eigenvalue weighted by atomic mass is 9.97. The molecule has 0 spiro atoms. The topological polar surface area (TPSA) is 69.6 Å². The number of nitrogens with one attached hydrogen (secondary N) is 1. The Balaban J connectivity index is 1.53. The molecular weight excluding hydrogens is 304 g/mol. The van der Waals surface area contributed by atoms with Gasteiger partial charge in [-0.1, -0.05) is 24.3 Å². The minimum Gasteiger partial charge on any atom is -0.481 e. The zero-order chi connectivity index (χ0) is 16.7. The molecular formula is C19H20N2O3. The number of aryl methyl sites for hydroxylation is 2. The summed E-state index contributed by atoms with van der Waals surface area (Å²) in [6, 6.07) is 10.2. The van der Waals surface area contributed by atoms with E-state index in [0.717, 1.165) is 23.9 Å². The van der Waals surface area contributed by atoms with E-state index >= 15 is 0 Å². The molecule has 4 rings (SSSR count). The molecule has 2 aromatic rings. The molecule has 1 heterocycles. The van der Waals surface area contributed by atoms with Crippen LogP contribution in [0.15, 0.2) is 30.3 Å². The summed E-state index contributed by atoms with van der Waals surface area (Å²) < 4.78 is 0.